The second kappa shape index (κ2) is 5.92. The van der Waals surface area contributed by atoms with Gasteiger partial charge in [-0.3, -0.25) is 0 Å². The third-order valence-corrected chi connectivity index (χ3v) is 9.58. The van der Waals surface area contributed by atoms with Crippen LogP contribution in [0.3, 0.4) is 0 Å². The summed E-state index contributed by atoms with van der Waals surface area (Å²) < 4.78 is 0. The number of hydrogen-bond donors (Lipinski definition) is 0. The molecular formula is C22H35N2O-. The SMILES string of the molecule is C[N-]C1(C)C(C)CC2CC(C)C3CCC(C)(N=C=O)C4CCC1C2C34. The Morgan fingerprint density at radius 2 is 1.76 bits per heavy atom. The lowest BCUT2D eigenvalue weighted by molar-refractivity contribution is -0.144. The minimum absolute atomic E-state index is 0.138. The molecule has 0 aromatic heterocycles. The van der Waals surface area contributed by atoms with E-state index in [4.69, 9.17) is 5.32 Å². The zero-order chi connectivity index (χ0) is 18.0. The van der Waals surface area contributed by atoms with E-state index in [1.807, 2.05) is 13.1 Å². The van der Waals surface area contributed by atoms with Crippen LogP contribution in [0.1, 0.15) is 66.2 Å². The second-order valence-corrected chi connectivity index (χ2v) is 10.3. The molecule has 140 valence electrons. The molecule has 10 atom stereocenters. The van der Waals surface area contributed by atoms with E-state index < -0.39 is 0 Å². The summed E-state index contributed by atoms with van der Waals surface area (Å²) in [5.41, 5.74) is -0.0304. The van der Waals surface area contributed by atoms with Crippen LogP contribution in [0, 0.1) is 47.3 Å². The Balaban J connectivity index is 1.77. The van der Waals surface area contributed by atoms with Crippen molar-refractivity contribution in [2.24, 2.45) is 52.3 Å². The second-order valence-electron chi connectivity index (χ2n) is 10.3. The van der Waals surface area contributed by atoms with Gasteiger partial charge in [-0.25, -0.2) is 4.79 Å². The predicted molar refractivity (Wildman–Crippen MR) is 101 cm³/mol. The highest BCUT2D eigenvalue weighted by Crippen LogP contribution is 2.66. The smallest absolute Gasteiger partial charge is 0.235 e. The lowest BCUT2D eigenvalue weighted by Crippen LogP contribution is -2.63. The van der Waals surface area contributed by atoms with Gasteiger partial charge in [0.05, 0.1) is 5.54 Å². The van der Waals surface area contributed by atoms with Crippen molar-refractivity contribution in [3.63, 3.8) is 0 Å². The number of hydrogen-bond acceptors (Lipinski definition) is 2. The Morgan fingerprint density at radius 1 is 1.04 bits per heavy atom. The number of aliphatic imine (C=N–C) groups is 1. The average Bonchev–Trinajstić information content (AvgIpc) is 2.58. The Bertz CT molecular complexity index is 585. The first kappa shape index (κ1) is 17.7. The van der Waals surface area contributed by atoms with Gasteiger partial charge < -0.3 is 5.32 Å². The molecule has 4 saturated carbocycles. The van der Waals surface area contributed by atoms with E-state index in [1.54, 1.807) is 0 Å². The van der Waals surface area contributed by atoms with Gasteiger partial charge in [0.25, 0.3) is 0 Å². The summed E-state index contributed by atoms with van der Waals surface area (Å²) in [6, 6.07) is 0. The molecule has 0 saturated heterocycles. The van der Waals surface area contributed by atoms with E-state index in [0.29, 0.717) is 11.8 Å². The van der Waals surface area contributed by atoms with Crippen molar-refractivity contribution in [1.82, 2.24) is 0 Å². The number of nitrogens with zero attached hydrogens (tertiary/aromatic N) is 2. The molecule has 3 nitrogen and oxygen atoms in total. The third kappa shape index (κ3) is 2.34. The van der Waals surface area contributed by atoms with Crippen LogP contribution in [0.25, 0.3) is 5.32 Å². The van der Waals surface area contributed by atoms with Gasteiger partial charge in [0.2, 0.25) is 6.08 Å². The minimum Gasteiger partial charge on any atom is -0.659 e. The first-order valence-corrected chi connectivity index (χ1v) is 10.6. The first-order chi connectivity index (χ1) is 11.9. The topological polar surface area (TPSA) is 43.5 Å². The quantitative estimate of drug-likeness (QED) is 0.501. The Kier molecular flexibility index (Phi) is 4.20. The molecule has 4 fully saturated rings. The third-order valence-electron chi connectivity index (χ3n) is 9.58. The van der Waals surface area contributed by atoms with Gasteiger partial charge in [0, 0.05) is 0 Å². The fraction of sp³-hybridized carbons (Fsp3) is 0.955. The summed E-state index contributed by atoms with van der Waals surface area (Å²) in [5.74, 6) is 6.05. The number of rotatable bonds is 2. The summed E-state index contributed by atoms with van der Waals surface area (Å²) in [6.07, 6.45) is 9.49. The van der Waals surface area contributed by atoms with Crippen LogP contribution in [0.2, 0.25) is 0 Å². The van der Waals surface area contributed by atoms with Gasteiger partial charge in [-0.15, -0.1) is 5.54 Å². The van der Waals surface area contributed by atoms with Crippen molar-refractivity contribution in [3.05, 3.63) is 5.32 Å². The molecule has 0 spiro atoms. The highest BCUT2D eigenvalue weighted by atomic mass is 16.1. The molecule has 10 unspecified atom stereocenters. The lowest BCUT2D eigenvalue weighted by Gasteiger charge is -2.70. The zero-order valence-electron chi connectivity index (χ0n) is 16.7. The van der Waals surface area contributed by atoms with Gasteiger partial charge in [0.1, 0.15) is 0 Å². The zero-order valence-corrected chi connectivity index (χ0v) is 16.7. The van der Waals surface area contributed by atoms with Crippen molar-refractivity contribution in [3.8, 4) is 0 Å². The van der Waals surface area contributed by atoms with E-state index in [1.165, 1.54) is 32.1 Å². The lowest BCUT2D eigenvalue weighted by atomic mass is 9.40. The molecule has 0 aromatic rings. The molecule has 0 aliphatic heterocycles. The van der Waals surface area contributed by atoms with Crippen LogP contribution in [0.15, 0.2) is 4.99 Å². The van der Waals surface area contributed by atoms with Crippen LogP contribution in [0.4, 0.5) is 0 Å². The molecule has 4 aliphatic carbocycles. The fourth-order valence-corrected chi connectivity index (χ4v) is 8.17. The van der Waals surface area contributed by atoms with Crippen molar-refractivity contribution < 1.29 is 4.79 Å². The molecule has 0 radical (unpaired) electrons. The molecule has 0 heterocycles. The van der Waals surface area contributed by atoms with Crippen LogP contribution >= 0.6 is 0 Å². The van der Waals surface area contributed by atoms with E-state index in [-0.39, 0.29) is 11.1 Å². The van der Waals surface area contributed by atoms with E-state index in [2.05, 4.69) is 32.7 Å². The van der Waals surface area contributed by atoms with Crippen LogP contribution in [0.5, 0.6) is 0 Å². The van der Waals surface area contributed by atoms with E-state index in [0.717, 1.165) is 41.9 Å². The molecule has 0 amide bonds. The van der Waals surface area contributed by atoms with E-state index >= 15 is 0 Å². The highest BCUT2D eigenvalue weighted by Gasteiger charge is 2.61. The highest BCUT2D eigenvalue weighted by molar-refractivity contribution is 5.35. The van der Waals surface area contributed by atoms with Gasteiger partial charge in [-0.2, -0.15) is 12.0 Å². The summed E-state index contributed by atoms with van der Waals surface area (Å²) in [6.45, 7) is 9.60. The van der Waals surface area contributed by atoms with Crippen molar-refractivity contribution in [2.75, 3.05) is 7.05 Å². The Morgan fingerprint density at radius 3 is 2.44 bits per heavy atom. The van der Waals surface area contributed by atoms with Gasteiger partial charge in [-0.05, 0) is 74.5 Å². The summed E-state index contributed by atoms with van der Waals surface area (Å²) in [5, 5.41) is 4.97. The summed E-state index contributed by atoms with van der Waals surface area (Å²) in [7, 11) is 2.05. The maximum Gasteiger partial charge on any atom is 0.235 e. The maximum atomic E-state index is 11.1. The average molecular weight is 344 g/mol. The predicted octanol–water partition coefficient (Wildman–Crippen LogP) is 5.21. The summed E-state index contributed by atoms with van der Waals surface area (Å²) >= 11 is 0. The molecule has 0 aromatic carbocycles. The fourth-order valence-electron chi connectivity index (χ4n) is 8.17. The molecule has 4 rings (SSSR count). The van der Waals surface area contributed by atoms with Crippen molar-refractivity contribution >= 4 is 6.08 Å². The van der Waals surface area contributed by atoms with Crippen LogP contribution in [-0.4, -0.2) is 24.2 Å². The Labute approximate surface area is 153 Å². The van der Waals surface area contributed by atoms with Crippen LogP contribution in [-0.2, 0) is 4.79 Å². The van der Waals surface area contributed by atoms with E-state index in [9.17, 15) is 4.79 Å². The van der Waals surface area contributed by atoms with Gasteiger partial charge in [0.15, 0.2) is 0 Å². The minimum atomic E-state index is -0.168. The van der Waals surface area contributed by atoms with Crippen molar-refractivity contribution in [2.45, 2.75) is 77.3 Å². The maximum absolute atomic E-state index is 11.1. The number of carbonyl (C=O) groups excluding carboxylic acids is 1. The molecular weight excluding hydrogens is 308 g/mol. The van der Waals surface area contributed by atoms with Gasteiger partial charge >= 0.3 is 0 Å². The normalized spacial score (nSPS) is 57.3. The molecule has 25 heavy (non-hydrogen) atoms. The largest absolute Gasteiger partial charge is 0.659 e. The monoisotopic (exact) mass is 343 g/mol. The molecule has 0 N–H and O–H groups in total. The molecule has 4 aliphatic rings. The molecule has 0 bridgehead atoms. The standard InChI is InChI=1S/C22H35N2O/c1-13-10-15-11-14(2)22(4,23-5)18-7-6-17-20(19(15)18)16(13)8-9-21(17,3)24-12-25/h13-20H,6-11H2,1-5H3/q-1. The van der Waals surface area contributed by atoms with Crippen LogP contribution < -0.4 is 0 Å². The Hall–Kier alpha value is -0.660. The molecule has 3 heteroatoms. The number of isocyanates is 1. The van der Waals surface area contributed by atoms with Crippen molar-refractivity contribution in [1.29, 1.82) is 0 Å². The summed E-state index contributed by atoms with van der Waals surface area (Å²) in [4.78, 5) is 15.5. The van der Waals surface area contributed by atoms with Gasteiger partial charge in [-0.1, -0.05) is 39.0 Å². The first-order valence-electron chi connectivity index (χ1n) is 10.6.